The van der Waals surface area contributed by atoms with Gasteiger partial charge in [0.05, 0.1) is 37.4 Å². The van der Waals surface area contributed by atoms with Crippen molar-refractivity contribution in [3.63, 3.8) is 0 Å². The molecule has 2 aromatic rings. The van der Waals surface area contributed by atoms with Gasteiger partial charge in [-0.1, -0.05) is 12.8 Å². The molecule has 6 aliphatic rings. The minimum atomic E-state index is -0.973. The number of hydrogen-bond acceptors (Lipinski definition) is 15. The summed E-state index contributed by atoms with van der Waals surface area (Å²) in [5, 5.41) is 4.73. The standard InChI is InChI=1S/C20H33N5OS.C14H24N4OS.C7H13NO.B24/c21-20-23-14-18(27-20)15-24-10-5-16(6-11-24)26-17-7-12-25(13-8-17)19-4-2-1-3-9-22-19;15-14-17-9-13(20-14)10-18-7-3-12(4-8-18)19-11-1-5-16-6-2-11;1-9-7-5-3-2-4-6-8-7;1-14(2)20(13)23(19(11)12)24(21(15(3)4)16(5)6)22(17(7)8)18(9)10/h14,16-17H,1-13,15H2,(H2,21,23);9,11-12,16H,1-8,10H2,(H2,15,17);2-6H2,1H3;. The van der Waals surface area contributed by atoms with Crippen LogP contribution in [0.2, 0.25) is 0 Å². The molecule has 0 spiro atoms. The number of methoxy groups -OCH3 is 1. The average molecular weight is 1070 g/mol. The number of ether oxygens (including phenoxy) is 3. The Hall–Kier alpha value is -0.842. The quantitative estimate of drug-likeness (QED) is 0.132. The van der Waals surface area contributed by atoms with E-state index in [0.29, 0.717) is 34.7 Å². The highest BCUT2D eigenvalue weighted by molar-refractivity contribution is 8.23. The van der Waals surface area contributed by atoms with Crippen molar-refractivity contribution in [1.82, 2.24) is 30.0 Å². The number of nitrogens with two attached hydrogens (primary N) is 2. The number of anilines is 2. The molecule has 8 rings (SSSR count). The summed E-state index contributed by atoms with van der Waals surface area (Å²) < 4.78 is 17.7. The normalized spacial score (nSPS) is 19.0. The lowest BCUT2D eigenvalue weighted by molar-refractivity contribution is -0.0605. The maximum absolute atomic E-state index is 6.47. The molecule has 0 bridgehead atoms. The van der Waals surface area contributed by atoms with Gasteiger partial charge in [0, 0.05) is 271 Å². The molecule has 4 saturated heterocycles. The first-order valence-electron chi connectivity index (χ1n) is 29.4. The number of nitrogens with zero attached hydrogens (tertiary/aromatic N) is 7. The number of rotatable bonds is 18. The zero-order valence-corrected chi connectivity index (χ0v) is 49.6. The molecule has 2 aromatic heterocycles. The van der Waals surface area contributed by atoms with Crippen molar-refractivity contribution in [3.05, 3.63) is 22.1 Å². The molecule has 0 aliphatic carbocycles. The molecular weight excluding hydrogens is 1000 g/mol. The molecule has 6 aliphatic heterocycles. The van der Waals surface area contributed by atoms with Gasteiger partial charge in [0.1, 0.15) is 0 Å². The number of amidine groups is 1. The molecular formula is C41H70B24N10O3S2. The number of thiazole rings is 2. The molecule has 8 heterocycles. The second-order valence-corrected chi connectivity index (χ2v) is 24.7. The molecule has 4 fully saturated rings. The second-order valence-electron chi connectivity index (χ2n) is 22.4. The summed E-state index contributed by atoms with van der Waals surface area (Å²) in [5.41, 5.74) is 11.4. The lowest BCUT2D eigenvalue weighted by atomic mass is 8.35. The van der Waals surface area contributed by atoms with Crippen molar-refractivity contribution in [2.24, 2.45) is 9.98 Å². The Balaban J connectivity index is 0.000000206. The fraction of sp³-hybridized carbons (Fsp3) is 0.805. The first kappa shape index (κ1) is 69.9. The number of nitrogen functional groups attached to an aromatic ring is 2. The van der Waals surface area contributed by atoms with Crippen LogP contribution in [0, 0.1) is 0 Å². The Labute approximate surface area is 512 Å². The molecule has 0 unspecified atom stereocenters. The van der Waals surface area contributed by atoms with E-state index in [-0.39, 0.29) is 0 Å². The van der Waals surface area contributed by atoms with Gasteiger partial charge in [0.2, 0.25) is 0 Å². The predicted octanol–water partition coefficient (Wildman–Crippen LogP) is -2.93. The SMILES string of the molecule is COC1=NCCCCC1.Nc1ncc(CN2CCC(OC3CCN(C4=NCCCCC4)CC3)CC2)s1.Nc1ncc(CN2CCC(OC3CCNCC3)CC2)s1.[B]B([B])B([B])B(B([B])[B])B(B(B([B])[B])B([B])[B])B(B([B])[B])B([B])[B]. The number of aliphatic imine (C=N–C) groups is 2. The molecule has 0 saturated carbocycles. The van der Waals surface area contributed by atoms with Gasteiger partial charge in [-0.25, -0.2) is 9.97 Å². The van der Waals surface area contributed by atoms with Crippen LogP contribution in [0.15, 0.2) is 22.4 Å². The Morgan fingerprint density at radius 3 is 1.32 bits per heavy atom. The molecule has 0 aromatic carbocycles. The van der Waals surface area contributed by atoms with Crippen molar-refractivity contribution in [2.45, 2.75) is 140 Å². The summed E-state index contributed by atoms with van der Waals surface area (Å²) >= 11 is 3.20. The number of aromatic nitrogens is 2. The van der Waals surface area contributed by atoms with Crippen molar-refractivity contribution in [3.8, 4) is 0 Å². The molecule has 80 heavy (non-hydrogen) atoms. The van der Waals surface area contributed by atoms with E-state index < -0.39 is 70.2 Å². The van der Waals surface area contributed by atoms with Gasteiger partial charge in [-0.05, 0) is 90.1 Å². The van der Waals surface area contributed by atoms with Crippen LogP contribution in [-0.4, -0.2) is 304 Å². The van der Waals surface area contributed by atoms with Crippen molar-refractivity contribution in [1.29, 1.82) is 0 Å². The van der Waals surface area contributed by atoms with E-state index in [9.17, 15) is 0 Å². The molecule has 386 valence electrons. The van der Waals surface area contributed by atoms with E-state index in [1.54, 1.807) is 29.8 Å². The number of nitrogens with one attached hydrogen (secondary N) is 1. The third kappa shape index (κ3) is 24.5. The first-order chi connectivity index (χ1) is 38.3. The monoisotopic (exact) mass is 1080 g/mol. The van der Waals surface area contributed by atoms with Crippen LogP contribution >= 0.6 is 22.7 Å². The number of likely N-dealkylation sites (tertiary alicyclic amines) is 3. The van der Waals surface area contributed by atoms with Gasteiger partial charge in [-0.15, -0.1) is 22.7 Å². The van der Waals surface area contributed by atoms with Gasteiger partial charge in [-0.3, -0.25) is 19.8 Å². The summed E-state index contributed by atoms with van der Waals surface area (Å²) in [6, 6.07) is 0. The maximum Gasteiger partial charge on any atom is 0.182 e. The lowest BCUT2D eigenvalue weighted by Crippen LogP contribution is -2.84. The highest BCUT2D eigenvalue weighted by Gasteiger charge is 2.48. The molecule has 26 radical (unpaired) electrons. The van der Waals surface area contributed by atoms with Crippen LogP contribution in [0.25, 0.3) is 0 Å². The van der Waals surface area contributed by atoms with Crippen LogP contribution in [0.4, 0.5) is 10.3 Å². The highest BCUT2D eigenvalue weighted by Crippen LogP contribution is 2.26. The van der Waals surface area contributed by atoms with E-state index in [0.717, 1.165) is 129 Å². The summed E-state index contributed by atoms with van der Waals surface area (Å²) in [5.74, 6) is 2.30. The average Bonchev–Trinajstić information content (AvgIpc) is 3.78. The van der Waals surface area contributed by atoms with E-state index in [4.69, 9.17) is 131 Å². The number of piperidine rings is 4. The van der Waals surface area contributed by atoms with Crippen molar-refractivity contribution < 1.29 is 14.2 Å². The number of hydrogen-bond donors (Lipinski definition) is 3. The highest BCUT2D eigenvalue weighted by atomic mass is 32.1. The summed E-state index contributed by atoms with van der Waals surface area (Å²) in [4.78, 5) is 27.4. The minimum absolute atomic E-state index is 0.430. The summed E-state index contributed by atoms with van der Waals surface area (Å²) in [6.45, 7) is 12.9. The molecule has 0 amide bonds. The van der Waals surface area contributed by atoms with Crippen LogP contribution in [-0.2, 0) is 27.3 Å². The largest absolute Gasteiger partial charge is 0.484 e. The fourth-order valence-corrected chi connectivity index (χ4v) is 13.3. The second kappa shape index (κ2) is 37.7. The zero-order chi connectivity index (χ0) is 58.1. The third-order valence-corrected chi connectivity index (χ3v) is 17.8. The van der Waals surface area contributed by atoms with E-state index in [2.05, 4.69) is 35.0 Å². The van der Waals surface area contributed by atoms with Crippen molar-refractivity contribution in [2.75, 3.05) is 84.0 Å². The lowest BCUT2D eigenvalue weighted by Gasteiger charge is -2.46. The Morgan fingerprint density at radius 1 is 0.512 bits per heavy atom. The molecule has 5 N–H and O–H groups in total. The first-order valence-corrected chi connectivity index (χ1v) is 31.0. The molecule has 13 nitrogen and oxygen atoms in total. The van der Waals surface area contributed by atoms with Crippen molar-refractivity contribution >= 4 is 215 Å². The van der Waals surface area contributed by atoms with Gasteiger partial charge in [0.25, 0.3) is 0 Å². The van der Waals surface area contributed by atoms with E-state index >= 15 is 0 Å². The summed E-state index contributed by atoms with van der Waals surface area (Å²) in [7, 11) is 77.9. The maximum atomic E-state index is 6.47. The van der Waals surface area contributed by atoms with Crippen LogP contribution in [0.3, 0.4) is 0 Å². The van der Waals surface area contributed by atoms with Crippen LogP contribution < -0.4 is 16.8 Å². The van der Waals surface area contributed by atoms with Crippen LogP contribution in [0.1, 0.15) is 112 Å². The topological polar surface area (TPSA) is 152 Å². The van der Waals surface area contributed by atoms with Crippen LogP contribution in [0.5, 0.6) is 0 Å². The fourth-order valence-electron chi connectivity index (χ4n) is 11.8. The zero-order valence-electron chi connectivity index (χ0n) is 47.9. The Kier molecular flexibility index (Phi) is 32.9. The molecule has 0 atom stereocenters. The van der Waals surface area contributed by atoms with E-state index in [1.165, 1.54) is 73.4 Å². The predicted molar refractivity (Wildman–Crippen MR) is 369 cm³/mol. The summed E-state index contributed by atoms with van der Waals surface area (Å²) in [6.07, 6.45) is 15.2. The van der Waals surface area contributed by atoms with Gasteiger partial charge in [-0.2, -0.15) is 0 Å². The Morgan fingerprint density at radius 2 is 0.925 bits per heavy atom. The van der Waals surface area contributed by atoms with Gasteiger partial charge >= 0.3 is 0 Å². The van der Waals surface area contributed by atoms with Gasteiger partial charge < -0.3 is 35.9 Å². The minimum Gasteiger partial charge on any atom is -0.484 e. The Bertz CT molecular complexity index is 2020. The smallest absolute Gasteiger partial charge is 0.182 e. The third-order valence-electron chi connectivity index (χ3n) is 16.2. The molecule has 39 heteroatoms. The van der Waals surface area contributed by atoms with E-state index in [1.807, 2.05) is 12.4 Å². The van der Waals surface area contributed by atoms with Gasteiger partial charge in [0.15, 0.2) is 16.2 Å².